The summed E-state index contributed by atoms with van der Waals surface area (Å²) in [6.07, 6.45) is 3.82. The van der Waals surface area contributed by atoms with Gasteiger partial charge in [-0.05, 0) is 50.6 Å². The lowest BCUT2D eigenvalue weighted by Gasteiger charge is -2.07. The minimum absolute atomic E-state index is 0.784. The Hall–Kier alpha value is 0.01000. The predicted octanol–water partition coefficient (Wildman–Crippen LogP) is 3.47. The maximum absolute atomic E-state index is 3.63. The summed E-state index contributed by atoms with van der Waals surface area (Å²) < 4.78 is 1.28. The van der Waals surface area contributed by atoms with E-state index in [1.165, 1.54) is 34.2 Å². The van der Waals surface area contributed by atoms with E-state index in [0.29, 0.717) is 0 Å². The van der Waals surface area contributed by atoms with Crippen molar-refractivity contribution in [2.75, 3.05) is 13.6 Å². The van der Waals surface area contributed by atoms with Crippen LogP contribution in [0.25, 0.3) is 0 Å². The number of hydrogen-bond donors (Lipinski definition) is 1. The molecule has 82 valence electrons. The van der Waals surface area contributed by atoms with E-state index < -0.39 is 0 Å². The van der Waals surface area contributed by atoms with Crippen LogP contribution in [-0.2, 0) is 6.42 Å². The monoisotopic (exact) mass is 285 g/mol. The van der Waals surface area contributed by atoms with E-state index in [4.69, 9.17) is 0 Å². The van der Waals surface area contributed by atoms with Crippen molar-refractivity contribution < 1.29 is 0 Å². The van der Waals surface area contributed by atoms with Gasteiger partial charge in [-0.1, -0.05) is 22.0 Å². The zero-order chi connectivity index (χ0) is 10.7. The zero-order valence-corrected chi connectivity index (χ0v) is 11.3. The Bertz CT molecular complexity index is 340. The topological polar surface area (TPSA) is 12.0 Å². The van der Waals surface area contributed by atoms with Crippen molar-refractivity contribution in [2.24, 2.45) is 0 Å². The van der Waals surface area contributed by atoms with Crippen molar-refractivity contribution >= 4 is 27.7 Å². The first-order valence-corrected chi connectivity index (χ1v) is 7.07. The third kappa shape index (κ3) is 2.77. The lowest BCUT2D eigenvalue weighted by atomic mass is 10.1. The van der Waals surface area contributed by atoms with Crippen LogP contribution in [0.4, 0.5) is 0 Å². The van der Waals surface area contributed by atoms with Crippen LogP contribution in [0.15, 0.2) is 27.6 Å². The van der Waals surface area contributed by atoms with Gasteiger partial charge in [-0.25, -0.2) is 0 Å². The van der Waals surface area contributed by atoms with E-state index in [2.05, 4.69) is 39.4 Å². The first-order chi connectivity index (χ1) is 7.31. The van der Waals surface area contributed by atoms with Gasteiger partial charge in [-0.2, -0.15) is 0 Å². The van der Waals surface area contributed by atoms with Crippen LogP contribution in [0.2, 0.25) is 0 Å². The minimum Gasteiger partial charge on any atom is -0.320 e. The van der Waals surface area contributed by atoms with Gasteiger partial charge in [0.1, 0.15) is 0 Å². The third-order valence-corrected chi connectivity index (χ3v) is 4.87. The van der Waals surface area contributed by atoms with Crippen molar-refractivity contribution in [1.29, 1.82) is 0 Å². The number of nitrogens with one attached hydrogen (secondary N) is 1. The first-order valence-electron chi connectivity index (χ1n) is 5.40. The maximum Gasteiger partial charge on any atom is 0.0218 e. The summed E-state index contributed by atoms with van der Waals surface area (Å²) in [4.78, 5) is 1.47. The molecule has 1 aromatic rings. The zero-order valence-electron chi connectivity index (χ0n) is 8.92. The van der Waals surface area contributed by atoms with Gasteiger partial charge in [-0.15, -0.1) is 11.8 Å². The van der Waals surface area contributed by atoms with Crippen molar-refractivity contribution in [3.8, 4) is 0 Å². The number of halogens is 1. The van der Waals surface area contributed by atoms with Crippen LogP contribution >= 0.6 is 27.7 Å². The largest absolute Gasteiger partial charge is 0.320 e. The summed E-state index contributed by atoms with van der Waals surface area (Å²) in [7, 11) is 2.02. The second kappa shape index (κ2) is 5.37. The van der Waals surface area contributed by atoms with Crippen molar-refractivity contribution in [2.45, 2.75) is 29.4 Å². The molecule has 1 aliphatic heterocycles. The summed E-state index contributed by atoms with van der Waals surface area (Å²) in [5.41, 5.74) is 1.51. The Kier molecular flexibility index (Phi) is 4.12. The second-order valence-electron chi connectivity index (χ2n) is 3.91. The summed E-state index contributed by atoms with van der Waals surface area (Å²) in [5.74, 6) is 0. The summed E-state index contributed by atoms with van der Waals surface area (Å²) in [6.45, 7) is 1.13. The Morgan fingerprint density at radius 2 is 2.40 bits per heavy atom. The van der Waals surface area contributed by atoms with Crippen LogP contribution in [-0.4, -0.2) is 18.8 Å². The molecule has 1 aliphatic rings. The molecule has 1 atom stereocenters. The van der Waals surface area contributed by atoms with Crippen molar-refractivity contribution in [3.63, 3.8) is 0 Å². The fourth-order valence-corrected chi connectivity index (χ4v) is 4.01. The van der Waals surface area contributed by atoms with Crippen molar-refractivity contribution in [1.82, 2.24) is 5.32 Å². The Morgan fingerprint density at radius 3 is 3.13 bits per heavy atom. The normalized spacial score (nSPS) is 19.2. The highest BCUT2D eigenvalue weighted by molar-refractivity contribution is 9.10. The second-order valence-corrected chi connectivity index (χ2v) is 6.10. The molecule has 0 bridgehead atoms. The van der Waals surface area contributed by atoms with E-state index in [1.54, 1.807) is 0 Å². The molecule has 0 amide bonds. The fourth-order valence-electron chi connectivity index (χ4n) is 1.96. The SMILES string of the molecule is CNCCCC1Cc2c(Br)cccc2S1. The number of fused-ring (bicyclic) bond motifs is 1. The van der Waals surface area contributed by atoms with Crippen LogP contribution in [0.5, 0.6) is 0 Å². The highest BCUT2D eigenvalue weighted by atomic mass is 79.9. The molecular formula is C12H16BrNS. The van der Waals surface area contributed by atoms with Gasteiger partial charge >= 0.3 is 0 Å². The Morgan fingerprint density at radius 1 is 1.53 bits per heavy atom. The number of thioether (sulfide) groups is 1. The Balaban J connectivity index is 1.94. The van der Waals surface area contributed by atoms with Crippen LogP contribution in [0, 0.1) is 0 Å². The highest BCUT2D eigenvalue weighted by Crippen LogP contribution is 2.41. The number of benzene rings is 1. The molecule has 3 heteroatoms. The molecular weight excluding hydrogens is 270 g/mol. The van der Waals surface area contributed by atoms with Gasteiger partial charge < -0.3 is 5.32 Å². The molecule has 1 unspecified atom stereocenters. The molecule has 0 radical (unpaired) electrons. The van der Waals surface area contributed by atoms with Crippen molar-refractivity contribution in [3.05, 3.63) is 28.2 Å². The maximum atomic E-state index is 3.63. The molecule has 0 aliphatic carbocycles. The van der Waals surface area contributed by atoms with Crippen LogP contribution in [0.1, 0.15) is 18.4 Å². The average molecular weight is 286 g/mol. The molecule has 1 nitrogen and oxygen atoms in total. The van der Waals surface area contributed by atoms with Gasteiger partial charge in [-0.3, -0.25) is 0 Å². The van der Waals surface area contributed by atoms with Gasteiger partial charge in [0, 0.05) is 14.6 Å². The summed E-state index contributed by atoms with van der Waals surface area (Å²) in [5, 5.41) is 3.99. The minimum atomic E-state index is 0.784. The lowest BCUT2D eigenvalue weighted by Crippen LogP contribution is -2.10. The van der Waals surface area contributed by atoms with E-state index in [1.807, 2.05) is 18.8 Å². The van der Waals surface area contributed by atoms with E-state index in [9.17, 15) is 0 Å². The molecule has 0 aromatic heterocycles. The summed E-state index contributed by atoms with van der Waals surface area (Å²) >= 11 is 5.67. The van der Waals surface area contributed by atoms with Gasteiger partial charge in [0.05, 0.1) is 0 Å². The smallest absolute Gasteiger partial charge is 0.0218 e. The molecule has 1 aromatic carbocycles. The molecule has 15 heavy (non-hydrogen) atoms. The molecule has 0 fully saturated rings. The van der Waals surface area contributed by atoms with Gasteiger partial charge in [0.2, 0.25) is 0 Å². The fraction of sp³-hybridized carbons (Fsp3) is 0.500. The van der Waals surface area contributed by atoms with E-state index in [0.717, 1.165) is 11.8 Å². The van der Waals surface area contributed by atoms with Gasteiger partial charge in [0.15, 0.2) is 0 Å². The van der Waals surface area contributed by atoms with E-state index in [-0.39, 0.29) is 0 Å². The molecule has 1 heterocycles. The predicted molar refractivity (Wildman–Crippen MR) is 70.7 cm³/mol. The quantitative estimate of drug-likeness (QED) is 0.851. The highest BCUT2D eigenvalue weighted by Gasteiger charge is 2.23. The molecule has 0 saturated heterocycles. The third-order valence-electron chi connectivity index (χ3n) is 2.75. The molecule has 0 spiro atoms. The van der Waals surface area contributed by atoms with Gasteiger partial charge in [0.25, 0.3) is 0 Å². The Labute approximate surface area is 104 Å². The molecule has 2 rings (SSSR count). The van der Waals surface area contributed by atoms with E-state index >= 15 is 0 Å². The standard InChI is InChI=1S/C12H16BrNS/c1-14-7-3-4-9-8-10-11(13)5-2-6-12(10)15-9/h2,5-6,9,14H,3-4,7-8H2,1H3. The summed E-state index contributed by atoms with van der Waals surface area (Å²) in [6, 6.07) is 6.52. The first kappa shape index (κ1) is 11.5. The van der Waals surface area contributed by atoms with Crippen LogP contribution < -0.4 is 5.32 Å². The number of hydrogen-bond acceptors (Lipinski definition) is 2. The molecule has 0 saturated carbocycles. The molecule has 1 N–H and O–H groups in total. The van der Waals surface area contributed by atoms with Crippen LogP contribution in [0.3, 0.4) is 0 Å². The number of rotatable bonds is 4. The lowest BCUT2D eigenvalue weighted by molar-refractivity contribution is 0.657. The average Bonchev–Trinajstić information content (AvgIpc) is 2.63.